The van der Waals surface area contributed by atoms with Crippen molar-refractivity contribution >= 4 is 7.12 Å². The Morgan fingerprint density at radius 2 is 1.70 bits per heavy atom. The van der Waals surface area contributed by atoms with Crippen molar-refractivity contribution in [2.75, 3.05) is 0 Å². The van der Waals surface area contributed by atoms with Crippen LogP contribution in [0.5, 0.6) is 0 Å². The van der Waals surface area contributed by atoms with Gasteiger partial charge in [0, 0.05) is 0 Å². The lowest BCUT2D eigenvalue weighted by Gasteiger charge is -2.17. The molecule has 0 amide bonds. The minimum absolute atomic E-state index is 0.314. The molecule has 0 radical (unpaired) electrons. The molecule has 0 fully saturated rings. The molecule has 60 valence electrons. The van der Waals surface area contributed by atoms with E-state index in [1.807, 2.05) is 0 Å². The van der Waals surface area contributed by atoms with Gasteiger partial charge in [-0.25, -0.2) is 0 Å². The largest absolute Gasteiger partial charge is 0.451 e. The first kappa shape index (κ1) is 9.98. The van der Waals surface area contributed by atoms with Crippen LogP contribution >= 0.6 is 0 Å². The van der Waals surface area contributed by atoms with Crippen LogP contribution in [0.25, 0.3) is 0 Å². The molecule has 0 aromatic heterocycles. The summed E-state index contributed by atoms with van der Waals surface area (Å²) in [5.74, 6) is 0. The first-order valence-electron chi connectivity index (χ1n) is 3.78. The molecule has 0 bridgehead atoms. The molecule has 3 heteroatoms. The molecule has 2 N–H and O–H groups in total. The molecule has 0 unspecified atom stereocenters. The Labute approximate surface area is 63.4 Å². The van der Waals surface area contributed by atoms with Crippen LogP contribution in [0, 0.1) is 5.41 Å². The maximum atomic E-state index is 8.50. The molecule has 0 saturated carbocycles. The Balaban J connectivity index is 3.21. The van der Waals surface area contributed by atoms with Crippen LogP contribution in [0.15, 0.2) is 0 Å². The van der Waals surface area contributed by atoms with Gasteiger partial charge in [-0.05, 0) is 18.2 Å². The van der Waals surface area contributed by atoms with E-state index >= 15 is 0 Å². The van der Waals surface area contributed by atoms with Crippen molar-refractivity contribution in [1.29, 1.82) is 0 Å². The molecule has 0 saturated heterocycles. The van der Waals surface area contributed by atoms with Crippen LogP contribution in [0.1, 0.15) is 33.6 Å². The molecule has 2 nitrogen and oxygen atoms in total. The highest BCUT2D eigenvalue weighted by molar-refractivity contribution is 6.40. The fourth-order valence-electron chi connectivity index (χ4n) is 0.815. The highest BCUT2D eigenvalue weighted by Gasteiger charge is 2.12. The quantitative estimate of drug-likeness (QED) is 0.585. The highest BCUT2D eigenvalue weighted by atomic mass is 16.4. The number of hydrogen-bond acceptors (Lipinski definition) is 2. The molecule has 10 heavy (non-hydrogen) atoms. The van der Waals surface area contributed by atoms with Crippen molar-refractivity contribution in [3.63, 3.8) is 0 Å². The summed E-state index contributed by atoms with van der Waals surface area (Å²) in [5.41, 5.74) is 0.314. The van der Waals surface area contributed by atoms with E-state index in [-0.39, 0.29) is 0 Å². The minimum Gasteiger partial charge on any atom is -0.427 e. The molecule has 0 rings (SSSR count). The van der Waals surface area contributed by atoms with E-state index in [1.165, 1.54) is 0 Å². The zero-order chi connectivity index (χ0) is 8.20. The Bertz CT molecular complexity index is 86.1. The third-order valence-electron chi connectivity index (χ3n) is 1.39. The fourth-order valence-corrected chi connectivity index (χ4v) is 0.815. The normalized spacial score (nSPS) is 11.7. The van der Waals surface area contributed by atoms with E-state index in [4.69, 9.17) is 10.0 Å². The van der Waals surface area contributed by atoms with Gasteiger partial charge in [0.15, 0.2) is 0 Å². The smallest absolute Gasteiger partial charge is 0.427 e. The van der Waals surface area contributed by atoms with E-state index in [0.717, 1.165) is 12.8 Å². The summed E-state index contributed by atoms with van der Waals surface area (Å²) in [7, 11) is -1.12. The van der Waals surface area contributed by atoms with Gasteiger partial charge in [0.1, 0.15) is 0 Å². The lowest BCUT2D eigenvalue weighted by atomic mass is 9.79. The van der Waals surface area contributed by atoms with Crippen molar-refractivity contribution in [2.24, 2.45) is 5.41 Å². The average Bonchev–Trinajstić information content (AvgIpc) is 1.59. The maximum Gasteiger partial charge on any atom is 0.451 e. The molecule has 0 aliphatic heterocycles. The Morgan fingerprint density at radius 1 is 1.20 bits per heavy atom. The minimum atomic E-state index is -1.12. The van der Waals surface area contributed by atoms with E-state index in [1.54, 1.807) is 0 Å². The Morgan fingerprint density at radius 3 is 2.00 bits per heavy atom. The third kappa shape index (κ3) is 7.98. The fraction of sp³-hybridized carbons (Fsp3) is 1.00. The molecule has 0 aliphatic carbocycles. The van der Waals surface area contributed by atoms with E-state index in [2.05, 4.69) is 20.8 Å². The van der Waals surface area contributed by atoms with Crippen LogP contribution in [0.4, 0.5) is 0 Å². The molecule has 0 spiro atoms. The van der Waals surface area contributed by atoms with Gasteiger partial charge in [0.2, 0.25) is 0 Å². The van der Waals surface area contributed by atoms with Gasteiger partial charge in [-0.3, -0.25) is 0 Å². The predicted octanol–water partition coefficient (Wildman–Crippen LogP) is 1.29. The van der Waals surface area contributed by atoms with Crippen LogP contribution in [-0.2, 0) is 0 Å². The maximum absolute atomic E-state index is 8.50. The van der Waals surface area contributed by atoms with Crippen LogP contribution < -0.4 is 0 Å². The summed E-state index contributed by atoms with van der Waals surface area (Å²) in [5, 5.41) is 17.0. The average molecular weight is 144 g/mol. The summed E-state index contributed by atoms with van der Waals surface area (Å²) in [6.07, 6.45) is 2.43. The lowest BCUT2D eigenvalue weighted by molar-refractivity contribution is 0.356. The standard InChI is InChI=1S/C7H17BO2/c1-7(2,3)5-4-6-8(9)10/h9-10H,4-6H2,1-3H3. The summed E-state index contributed by atoms with van der Waals surface area (Å²) in [6, 6.07) is 0. The van der Waals surface area contributed by atoms with Crippen molar-refractivity contribution in [3.05, 3.63) is 0 Å². The topological polar surface area (TPSA) is 40.5 Å². The molecular formula is C7H17BO2. The van der Waals surface area contributed by atoms with Crippen molar-refractivity contribution in [1.82, 2.24) is 0 Å². The molecule has 0 aromatic carbocycles. The van der Waals surface area contributed by atoms with Crippen LogP contribution in [-0.4, -0.2) is 17.2 Å². The van der Waals surface area contributed by atoms with Crippen molar-refractivity contribution in [3.8, 4) is 0 Å². The molecule has 0 heterocycles. The highest BCUT2D eigenvalue weighted by Crippen LogP contribution is 2.21. The van der Waals surface area contributed by atoms with Gasteiger partial charge in [-0.15, -0.1) is 0 Å². The Kier molecular flexibility index (Phi) is 3.98. The summed E-state index contributed by atoms with van der Waals surface area (Å²) in [4.78, 5) is 0. The van der Waals surface area contributed by atoms with Crippen LogP contribution in [0.3, 0.4) is 0 Å². The van der Waals surface area contributed by atoms with Gasteiger partial charge in [0.05, 0.1) is 0 Å². The number of hydrogen-bond donors (Lipinski definition) is 2. The third-order valence-corrected chi connectivity index (χ3v) is 1.39. The zero-order valence-corrected chi connectivity index (χ0v) is 7.09. The monoisotopic (exact) mass is 144 g/mol. The Hall–Kier alpha value is -0.0151. The van der Waals surface area contributed by atoms with Crippen molar-refractivity contribution in [2.45, 2.75) is 39.9 Å². The second kappa shape index (κ2) is 3.99. The molecule has 0 aliphatic rings. The molecule has 0 atom stereocenters. The zero-order valence-electron chi connectivity index (χ0n) is 7.09. The van der Waals surface area contributed by atoms with Gasteiger partial charge in [0.25, 0.3) is 0 Å². The summed E-state index contributed by atoms with van der Waals surface area (Å²) >= 11 is 0. The van der Waals surface area contributed by atoms with Crippen molar-refractivity contribution < 1.29 is 10.0 Å². The first-order valence-corrected chi connectivity index (χ1v) is 3.78. The summed E-state index contributed by atoms with van der Waals surface area (Å²) in [6.45, 7) is 6.45. The van der Waals surface area contributed by atoms with E-state index in [0.29, 0.717) is 11.7 Å². The molecular weight excluding hydrogens is 127 g/mol. The lowest BCUT2D eigenvalue weighted by Crippen LogP contribution is -2.12. The van der Waals surface area contributed by atoms with Gasteiger partial charge < -0.3 is 10.0 Å². The molecule has 0 aromatic rings. The second-order valence-electron chi connectivity index (χ2n) is 3.93. The van der Waals surface area contributed by atoms with E-state index < -0.39 is 7.12 Å². The first-order chi connectivity index (χ1) is 4.42. The summed E-state index contributed by atoms with van der Waals surface area (Å²) < 4.78 is 0. The second-order valence-corrected chi connectivity index (χ2v) is 3.93. The SMILES string of the molecule is CC(C)(C)CCCB(O)O. The predicted molar refractivity (Wildman–Crippen MR) is 43.7 cm³/mol. The van der Waals surface area contributed by atoms with Gasteiger partial charge in [-0.2, -0.15) is 0 Å². The van der Waals surface area contributed by atoms with Crippen LogP contribution in [0.2, 0.25) is 6.32 Å². The van der Waals surface area contributed by atoms with Gasteiger partial charge >= 0.3 is 7.12 Å². The number of rotatable bonds is 3. The van der Waals surface area contributed by atoms with Gasteiger partial charge in [-0.1, -0.05) is 27.2 Å². The van der Waals surface area contributed by atoms with E-state index in [9.17, 15) is 0 Å².